The molecule has 256 valence electrons. The van der Waals surface area contributed by atoms with Gasteiger partial charge in [0, 0.05) is 55.2 Å². The summed E-state index contributed by atoms with van der Waals surface area (Å²) in [6.07, 6.45) is 2.89. The molecule has 0 unspecified atom stereocenters. The fraction of sp³-hybridized carbons (Fsp3) is 0.229. The number of hydrogen-bond donors (Lipinski definition) is 5. The van der Waals surface area contributed by atoms with Crippen LogP contribution in [0, 0.1) is 5.82 Å². The highest BCUT2D eigenvalue weighted by Gasteiger charge is 2.20. The average molecular weight is 689 g/mol. The van der Waals surface area contributed by atoms with Crippen LogP contribution in [0.1, 0.15) is 46.0 Å². The second kappa shape index (κ2) is 15.2. The zero-order valence-electron chi connectivity index (χ0n) is 27.0. The Morgan fingerprint density at radius 2 is 1.53 bits per heavy atom. The highest BCUT2D eigenvalue weighted by molar-refractivity contribution is 7.92. The van der Waals surface area contributed by atoms with Gasteiger partial charge in [-0.05, 0) is 91.2 Å². The molecule has 14 heteroatoms. The Labute approximate surface area is 283 Å². The number of piperidine rings is 1. The van der Waals surface area contributed by atoms with E-state index in [0.29, 0.717) is 17.0 Å². The van der Waals surface area contributed by atoms with Crippen molar-refractivity contribution in [3.63, 3.8) is 0 Å². The molecule has 0 radical (unpaired) electrons. The van der Waals surface area contributed by atoms with Gasteiger partial charge in [-0.1, -0.05) is 12.1 Å². The predicted octanol–water partition coefficient (Wildman–Crippen LogP) is 5.38. The second-order valence-corrected chi connectivity index (χ2v) is 13.5. The fourth-order valence-corrected chi connectivity index (χ4v) is 5.97. The van der Waals surface area contributed by atoms with Gasteiger partial charge in [-0.25, -0.2) is 12.8 Å². The Bertz CT molecular complexity index is 1950. The quantitative estimate of drug-likeness (QED) is 0.132. The van der Waals surface area contributed by atoms with Gasteiger partial charge in [0.2, 0.25) is 15.9 Å². The number of carbonyl (C=O) groups is 3. The SMILES string of the molecule is CC(=O)Nc1cc(NC(=O)c2ccc(NC3CCN(Cc4ccc(Oc5ccc(NS(C)(=O)=O)cc5C(N)=O)cc4)CC3)cc2)ccc1F. The number of carbonyl (C=O) groups excluding carboxylic acids is 3. The number of amides is 3. The van der Waals surface area contributed by atoms with Gasteiger partial charge in [0.05, 0.1) is 17.5 Å². The Balaban J connectivity index is 1.09. The zero-order valence-corrected chi connectivity index (χ0v) is 27.8. The number of sulfonamides is 1. The number of nitrogens with one attached hydrogen (secondary N) is 4. The topological polar surface area (TPSA) is 172 Å². The van der Waals surface area contributed by atoms with Crippen LogP contribution in [0.5, 0.6) is 11.5 Å². The van der Waals surface area contributed by atoms with Crippen LogP contribution in [-0.4, -0.2) is 56.4 Å². The number of primary amides is 1. The number of nitrogens with two attached hydrogens (primary N) is 1. The van der Waals surface area contributed by atoms with Crippen LogP contribution in [0.2, 0.25) is 0 Å². The minimum Gasteiger partial charge on any atom is -0.457 e. The number of rotatable bonds is 12. The molecule has 0 aromatic heterocycles. The Hall–Kier alpha value is -5.47. The van der Waals surface area contributed by atoms with Gasteiger partial charge >= 0.3 is 0 Å². The summed E-state index contributed by atoms with van der Waals surface area (Å²) in [5.74, 6) is -1.38. The molecule has 5 rings (SSSR count). The van der Waals surface area contributed by atoms with Crippen molar-refractivity contribution in [2.45, 2.75) is 32.4 Å². The van der Waals surface area contributed by atoms with Crippen molar-refractivity contribution < 1.29 is 31.9 Å². The van der Waals surface area contributed by atoms with E-state index >= 15 is 0 Å². The monoisotopic (exact) mass is 688 g/mol. The molecule has 0 aliphatic carbocycles. The van der Waals surface area contributed by atoms with E-state index in [1.807, 2.05) is 36.4 Å². The summed E-state index contributed by atoms with van der Waals surface area (Å²) in [6, 6.07) is 23.3. The summed E-state index contributed by atoms with van der Waals surface area (Å²) < 4.78 is 45.2. The normalized spacial score (nSPS) is 13.7. The van der Waals surface area contributed by atoms with Crippen LogP contribution >= 0.6 is 0 Å². The number of likely N-dealkylation sites (tertiary alicyclic amines) is 1. The highest BCUT2D eigenvalue weighted by Crippen LogP contribution is 2.29. The first-order chi connectivity index (χ1) is 23.3. The molecule has 0 saturated carbocycles. The van der Waals surface area contributed by atoms with E-state index in [4.69, 9.17) is 10.5 Å². The summed E-state index contributed by atoms with van der Waals surface area (Å²) in [5.41, 5.74) is 8.56. The molecule has 1 fully saturated rings. The smallest absolute Gasteiger partial charge is 0.255 e. The molecule has 1 saturated heterocycles. The molecule has 6 N–H and O–H groups in total. The van der Waals surface area contributed by atoms with Crippen LogP contribution < -0.4 is 31.1 Å². The summed E-state index contributed by atoms with van der Waals surface area (Å²) in [7, 11) is -3.52. The maximum Gasteiger partial charge on any atom is 0.255 e. The highest BCUT2D eigenvalue weighted by atomic mass is 32.2. The van der Waals surface area contributed by atoms with Gasteiger partial charge in [-0.3, -0.25) is 24.0 Å². The third kappa shape index (κ3) is 10.0. The first-order valence-electron chi connectivity index (χ1n) is 15.5. The first-order valence-corrected chi connectivity index (χ1v) is 17.4. The number of nitrogens with zero attached hydrogens (tertiary/aromatic N) is 1. The molecule has 0 bridgehead atoms. The molecular formula is C35H37FN6O6S. The molecule has 0 atom stereocenters. The molecule has 1 heterocycles. The molecule has 12 nitrogen and oxygen atoms in total. The van der Waals surface area contributed by atoms with Crippen LogP contribution in [-0.2, 0) is 21.4 Å². The van der Waals surface area contributed by atoms with Crippen molar-refractivity contribution in [3.05, 3.63) is 107 Å². The Kier molecular flexibility index (Phi) is 10.8. The standard InChI is InChI=1S/C35H37FN6O6S/c1-22(43)38-32-20-27(9-13-31(32)36)40-35(45)24-5-7-25(8-6-24)39-26-15-17-42(18-16-26)21-23-3-11-29(12-4-23)48-33-14-10-28(41-49(2,46)47)19-30(33)34(37)44/h3-14,19-20,26,39,41H,15-18,21H2,1-2H3,(H2,37,44)(H,38,43)(H,40,45). The van der Waals surface area contributed by atoms with Gasteiger partial charge in [-0.15, -0.1) is 0 Å². The lowest BCUT2D eigenvalue weighted by Crippen LogP contribution is -2.38. The van der Waals surface area contributed by atoms with E-state index in [1.54, 1.807) is 12.1 Å². The van der Waals surface area contributed by atoms with Gasteiger partial charge in [0.25, 0.3) is 11.8 Å². The van der Waals surface area contributed by atoms with Gasteiger partial charge in [0.15, 0.2) is 0 Å². The number of anilines is 4. The molecule has 0 spiro atoms. The third-order valence-corrected chi connectivity index (χ3v) is 8.35. The third-order valence-electron chi connectivity index (χ3n) is 7.75. The summed E-state index contributed by atoms with van der Waals surface area (Å²) in [6.45, 7) is 3.83. The van der Waals surface area contributed by atoms with E-state index in [9.17, 15) is 27.2 Å². The van der Waals surface area contributed by atoms with Crippen molar-refractivity contribution in [2.24, 2.45) is 5.73 Å². The summed E-state index contributed by atoms with van der Waals surface area (Å²) >= 11 is 0. The molecule has 3 amide bonds. The number of benzene rings is 4. The lowest BCUT2D eigenvalue weighted by atomic mass is 10.0. The van der Waals surface area contributed by atoms with Gasteiger partial charge in [0.1, 0.15) is 17.3 Å². The molecule has 1 aliphatic heterocycles. The van der Waals surface area contributed by atoms with E-state index in [-0.39, 0.29) is 34.6 Å². The van der Waals surface area contributed by atoms with Crippen molar-refractivity contribution in [3.8, 4) is 11.5 Å². The maximum absolute atomic E-state index is 13.9. The minimum atomic E-state index is -3.52. The van der Waals surface area contributed by atoms with Crippen LogP contribution in [0.15, 0.2) is 84.9 Å². The largest absolute Gasteiger partial charge is 0.457 e. The molecule has 4 aromatic rings. The Morgan fingerprint density at radius 1 is 0.878 bits per heavy atom. The van der Waals surface area contributed by atoms with Crippen LogP contribution in [0.25, 0.3) is 0 Å². The van der Waals surface area contributed by atoms with Crippen molar-refractivity contribution >= 4 is 50.5 Å². The fourth-order valence-electron chi connectivity index (χ4n) is 5.42. The molecular weight excluding hydrogens is 651 g/mol. The van der Waals surface area contributed by atoms with Crippen LogP contribution in [0.4, 0.5) is 27.1 Å². The van der Waals surface area contributed by atoms with Crippen molar-refractivity contribution in [1.29, 1.82) is 0 Å². The number of hydrogen-bond acceptors (Lipinski definition) is 8. The van der Waals surface area contributed by atoms with Crippen LogP contribution in [0.3, 0.4) is 0 Å². The van der Waals surface area contributed by atoms with E-state index < -0.39 is 27.7 Å². The summed E-state index contributed by atoms with van der Waals surface area (Å²) in [4.78, 5) is 38.4. The summed E-state index contributed by atoms with van der Waals surface area (Å²) in [5, 5.41) is 8.67. The van der Waals surface area contributed by atoms with Crippen molar-refractivity contribution in [2.75, 3.05) is 40.0 Å². The predicted molar refractivity (Wildman–Crippen MR) is 187 cm³/mol. The van der Waals surface area contributed by atoms with E-state index in [0.717, 1.165) is 50.0 Å². The number of halogens is 1. The molecule has 1 aliphatic rings. The first kappa shape index (κ1) is 34.9. The molecule has 4 aromatic carbocycles. The lowest BCUT2D eigenvalue weighted by molar-refractivity contribution is -0.114. The molecule has 49 heavy (non-hydrogen) atoms. The maximum atomic E-state index is 13.9. The van der Waals surface area contributed by atoms with Gasteiger partial charge in [-0.2, -0.15) is 0 Å². The zero-order chi connectivity index (χ0) is 35.1. The van der Waals surface area contributed by atoms with E-state index in [1.165, 1.54) is 43.3 Å². The van der Waals surface area contributed by atoms with Gasteiger partial charge < -0.3 is 26.4 Å². The van der Waals surface area contributed by atoms with Crippen molar-refractivity contribution in [1.82, 2.24) is 4.90 Å². The second-order valence-electron chi connectivity index (χ2n) is 11.8. The number of ether oxygens (including phenoxy) is 1. The average Bonchev–Trinajstić information content (AvgIpc) is 3.04. The van der Waals surface area contributed by atoms with E-state index in [2.05, 4.69) is 25.6 Å². The minimum absolute atomic E-state index is 0.00677. The Morgan fingerprint density at radius 3 is 2.16 bits per heavy atom. The lowest BCUT2D eigenvalue weighted by Gasteiger charge is -2.33.